The molecule has 152 valence electrons. The third-order valence-corrected chi connectivity index (χ3v) is 6.83. The Hall–Kier alpha value is -2.51. The molecular formula is C22H23NO5S. The van der Waals surface area contributed by atoms with Gasteiger partial charge in [-0.2, -0.15) is 0 Å². The molecule has 0 bridgehead atoms. The Bertz CT molecular complexity index is 1070. The number of hydrogen-bond donors (Lipinski definition) is 1. The molecule has 29 heavy (non-hydrogen) atoms. The van der Waals surface area contributed by atoms with Gasteiger partial charge in [-0.05, 0) is 74.4 Å². The lowest BCUT2D eigenvalue weighted by atomic mass is 10.0. The van der Waals surface area contributed by atoms with Crippen LogP contribution >= 0.6 is 0 Å². The standard InChI is InChI=1S/C22H23NO5S/c1-14(21(24)17-9-8-15-4-2-5-16(15)12-17)28-22(25)18-6-3-7-20(13-18)29(26,27)23-19-10-11-19/h3,6-9,12-14,19,23H,2,4-5,10-11H2,1H3. The van der Waals surface area contributed by atoms with Gasteiger partial charge in [-0.3, -0.25) is 4.79 Å². The van der Waals surface area contributed by atoms with Crippen molar-refractivity contribution in [1.82, 2.24) is 4.72 Å². The van der Waals surface area contributed by atoms with Crippen molar-refractivity contribution < 1.29 is 22.7 Å². The van der Waals surface area contributed by atoms with Gasteiger partial charge in [-0.1, -0.05) is 18.2 Å². The molecule has 0 aromatic heterocycles. The van der Waals surface area contributed by atoms with E-state index in [2.05, 4.69) is 4.72 Å². The number of Topliss-reactive ketones (excluding diaryl/α,β-unsaturated/α-hetero) is 1. The first-order valence-corrected chi connectivity index (χ1v) is 11.3. The molecular weight excluding hydrogens is 390 g/mol. The van der Waals surface area contributed by atoms with Crippen molar-refractivity contribution in [2.45, 2.75) is 56.1 Å². The minimum Gasteiger partial charge on any atom is -0.451 e. The molecule has 2 aliphatic rings. The quantitative estimate of drug-likeness (QED) is 0.557. The van der Waals surface area contributed by atoms with Crippen LogP contribution in [0.1, 0.15) is 58.0 Å². The lowest BCUT2D eigenvalue weighted by molar-refractivity contribution is 0.0318. The highest BCUT2D eigenvalue weighted by Crippen LogP contribution is 2.24. The van der Waals surface area contributed by atoms with Crippen molar-refractivity contribution >= 4 is 21.8 Å². The summed E-state index contributed by atoms with van der Waals surface area (Å²) in [6, 6.07) is 11.3. The van der Waals surface area contributed by atoms with Crippen molar-refractivity contribution in [2.24, 2.45) is 0 Å². The highest BCUT2D eigenvalue weighted by molar-refractivity contribution is 7.89. The minimum atomic E-state index is -3.67. The number of carbonyl (C=O) groups excluding carboxylic acids is 2. The van der Waals surface area contributed by atoms with Gasteiger partial charge in [0.15, 0.2) is 6.10 Å². The number of ketones is 1. The molecule has 7 heteroatoms. The molecule has 2 aromatic carbocycles. The van der Waals surface area contributed by atoms with Crippen LogP contribution in [0.15, 0.2) is 47.4 Å². The molecule has 4 rings (SSSR count). The summed E-state index contributed by atoms with van der Waals surface area (Å²) in [4.78, 5) is 25.2. The van der Waals surface area contributed by atoms with E-state index in [0.29, 0.717) is 5.56 Å². The molecule has 0 spiro atoms. The minimum absolute atomic E-state index is 0.0106. The third-order valence-electron chi connectivity index (χ3n) is 5.32. The number of fused-ring (bicyclic) bond motifs is 1. The van der Waals surface area contributed by atoms with Crippen LogP contribution in [0.4, 0.5) is 0 Å². The van der Waals surface area contributed by atoms with Gasteiger partial charge in [0.05, 0.1) is 10.5 Å². The van der Waals surface area contributed by atoms with Gasteiger partial charge in [0.1, 0.15) is 0 Å². The molecule has 0 heterocycles. The SMILES string of the molecule is CC(OC(=O)c1cccc(S(=O)(=O)NC2CC2)c1)C(=O)c1ccc2c(c1)CCC2. The van der Waals surface area contributed by atoms with Gasteiger partial charge >= 0.3 is 5.97 Å². The second-order valence-electron chi connectivity index (χ2n) is 7.67. The number of rotatable bonds is 7. The van der Waals surface area contributed by atoms with Crippen molar-refractivity contribution in [3.63, 3.8) is 0 Å². The summed E-state index contributed by atoms with van der Waals surface area (Å²) in [5.41, 5.74) is 3.06. The average Bonchev–Trinajstić information content (AvgIpc) is 3.38. The predicted octanol–water partition coefficient (Wildman–Crippen LogP) is 3.04. The highest BCUT2D eigenvalue weighted by Gasteiger charge is 2.29. The van der Waals surface area contributed by atoms with Crippen molar-refractivity contribution in [3.05, 3.63) is 64.7 Å². The first-order chi connectivity index (χ1) is 13.8. The van der Waals surface area contributed by atoms with Crippen molar-refractivity contribution in [1.29, 1.82) is 0 Å². The zero-order valence-corrected chi connectivity index (χ0v) is 17.0. The number of esters is 1. The van der Waals surface area contributed by atoms with E-state index in [0.717, 1.165) is 32.1 Å². The molecule has 1 N–H and O–H groups in total. The zero-order chi connectivity index (χ0) is 20.6. The summed E-state index contributed by atoms with van der Waals surface area (Å²) < 4.78 is 32.6. The van der Waals surface area contributed by atoms with Crippen LogP contribution < -0.4 is 4.72 Å². The summed E-state index contributed by atoms with van der Waals surface area (Å²) >= 11 is 0. The largest absolute Gasteiger partial charge is 0.451 e. The van der Waals surface area contributed by atoms with Gasteiger partial charge in [-0.25, -0.2) is 17.9 Å². The average molecular weight is 413 g/mol. The summed E-state index contributed by atoms with van der Waals surface area (Å²) in [5.74, 6) is -0.997. The molecule has 0 radical (unpaired) electrons. The molecule has 0 aliphatic heterocycles. The highest BCUT2D eigenvalue weighted by atomic mass is 32.2. The fourth-order valence-corrected chi connectivity index (χ4v) is 4.87. The smallest absolute Gasteiger partial charge is 0.338 e. The fraction of sp³-hybridized carbons (Fsp3) is 0.364. The van der Waals surface area contributed by atoms with Crippen LogP contribution in [0.25, 0.3) is 0 Å². The molecule has 2 aliphatic carbocycles. The van der Waals surface area contributed by atoms with Crippen LogP contribution in [0, 0.1) is 0 Å². The van der Waals surface area contributed by atoms with Gasteiger partial charge in [0.2, 0.25) is 15.8 Å². The predicted molar refractivity (Wildman–Crippen MR) is 107 cm³/mol. The van der Waals surface area contributed by atoms with E-state index in [-0.39, 0.29) is 22.3 Å². The van der Waals surface area contributed by atoms with Crippen molar-refractivity contribution in [2.75, 3.05) is 0 Å². The fourth-order valence-electron chi connectivity index (χ4n) is 3.52. The second kappa shape index (κ2) is 7.72. The molecule has 1 fully saturated rings. The van der Waals surface area contributed by atoms with Crippen LogP contribution in [0.3, 0.4) is 0 Å². The van der Waals surface area contributed by atoms with E-state index in [9.17, 15) is 18.0 Å². The van der Waals surface area contributed by atoms with E-state index in [1.54, 1.807) is 6.07 Å². The number of nitrogens with one attached hydrogen (secondary N) is 1. The molecule has 1 atom stereocenters. The number of hydrogen-bond acceptors (Lipinski definition) is 5. The van der Waals surface area contributed by atoms with E-state index in [1.807, 2.05) is 12.1 Å². The number of sulfonamides is 1. The Morgan fingerprint density at radius 2 is 1.79 bits per heavy atom. The van der Waals surface area contributed by atoms with Crippen LogP contribution in [0.5, 0.6) is 0 Å². The number of ether oxygens (including phenoxy) is 1. The molecule has 0 amide bonds. The molecule has 6 nitrogen and oxygen atoms in total. The van der Waals surface area contributed by atoms with Gasteiger partial charge in [-0.15, -0.1) is 0 Å². The Morgan fingerprint density at radius 3 is 2.55 bits per heavy atom. The molecule has 2 aromatic rings. The van der Waals surface area contributed by atoms with Crippen LogP contribution in [-0.2, 0) is 27.6 Å². The number of aryl methyl sites for hydroxylation is 2. The molecule has 1 saturated carbocycles. The monoisotopic (exact) mass is 413 g/mol. The van der Waals surface area contributed by atoms with Gasteiger partial charge in [0.25, 0.3) is 0 Å². The Labute approximate surface area is 170 Å². The lowest BCUT2D eigenvalue weighted by Gasteiger charge is -2.14. The number of benzene rings is 2. The third kappa shape index (κ3) is 4.41. The first-order valence-electron chi connectivity index (χ1n) is 9.83. The topological polar surface area (TPSA) is 89.5 Å². The van der Waals surface area contributed by atoms with E-state index >= 15 is 0 Å². The Morgan fingerprint density at radius 1 is 1.03 bits per heavy atom. The molecule has 0 saturated heterocycles. The Balaban J connectivity index is 1.46. The summed E-state index contributed by atoms with van der Waals surface area (Å²) in [5, 5.41) is 0. The first kappa shape index (κ1) is 19.8. The maximum atomic E-state index is 12.7. The van der Waals surface area contributed by atoms with Crippen LogP contribution in [0.2, 0.25) is 0 Å². The van der Waals surface area contributed by atoms with Crippen LogP contribution in [-0.4, -0.2) is 32.3 Å². The van der Waals surface area contributed by atoms with Gasteiger partial charge < -0.3 is 4.74 Å². The molecule has 1 unspecified atom stereocenters. The maximum Gasteiger partial charge on any atom is 0.338 e. The van der Waals surface area contributed by atoms with E-state index < -0.39 is 22.1 Å². The Kier molecular flexibility index (Phi) is 5.27. The normalized spacial score (nSPS) is 16.9. The number of carbonyl (C=O) groups is 2. The van der Waals surface area contributed by atoms with E-state index in [1.165, 1.54) is 42.3 Å². The summed E-state index contributed by atoms with van der Waals surface area (Å²) in [6.07, 6.45) is 3.76. The van der Waals surface area contributed by atoms with Crippen molar-refractivity contribution in [3.8, 4) is 0 Å². The van der Waals surface area contributed by atoms with E-state index in [4.69, 9.17) is 4.74 Å². The summed E-state index contributed by atoms with van der Waals surface area (Å²) in [6.45, 7) is 1.53. The zero-order valence-electron chi connectivity index (χ0n) is 16.2. The maximum absolute atomic E-state index is 12.7. The lowest BCUT2D eigenvalue weighted by Crippen LogP contribution is -2.26. The van der Waals surface area contributed by atoms with Gasteiger partial charge in [0, 0.05) is 11.6 Å². The second-order valence-corrected chi connectivity index (χ2v) is 9.39. The summed E-state index contributed by atoms with van der Waals surface area (Å²) in [7, 11) is -3.67.